The van der Waals surface area contributed by atoms with Crippen LogP contribution < -0.4 is 5.32 Å². The molecular weight excluding hydrogens is 366 g/mol. The highest BCUT2D eigenvalue weighted by atomic mass is 16.6. The smallest absolute Gasteiger partial charge is 0.409 e. The molecule has 1 aromatic heterocycles. The zero-order chi connectivity index (χ0) is 20.2. The van der Waals surface area contributed by atoms with E-state index in [1.54, 1.807) is 11.8 Å². The number of rotatable bonds is 4. The van der Waals surface area contributed by atoms with Crippen LogP contribution in [-0.2, 0) is 4.74 Å². The molecule has 29 heavy (non-hydrogen) atoms. The Labute approximate surface area is 170 Å². The molecule has 1 N–H and O–H groups in total. The third-order valence-corrected chi connectivity index (χ3v) is 5.34. The number of nitrogens with one attached hydrogen (secondary N) is 1. The number of hydrogen-bond acceptors (Lipinski definition) is 3. The molecule has 0 atom stereocenters. The number of fused-ring (bicyclic) bond motifs is 1. The first-order valence-corrected chi connectivity index (χ1v) is 10.0. The first kappa shape index (κ1) is 19.1. The van der Waals surface area contributed by atoms with Crippen molar-refractivity contribution in [3.05, 3.63) is 66.4 Å². The van der Waals surface area contributed by atoms with Crippen molar-refractivity contribution in [3.8, 4) is 5.69 Å². The lowest BCUT2D eigenvalue weighted by molar-refractivity contribution is 0.0860. The molecule has 150 valence electrons. The van der Waals surface area contributed by atoms with E-state index in [2.05, 4.69) is 28.1 Å². The summed E-state index contributed by atoms with van der Waals surface area (Å²) in [6.45, 7) is 3.37. The number of carbonyl (C=O) groups excluding carboxylic acids is 2. The lowest BCUT2D eigenvalue weighted by Gasteiger charge is -2.31. The lowest BCUT2D eigenvalue weighted by atomic mass is 10.0. The third-order valence-electron chi connectivity index (χ3n) is 5.34. The summed E-state index contributed by atoms with van der Waals surface area (Å²) in [6, 6.07) is 18.0. The summed E-state index contributed by atoms with van der Waals surface area (Å²) < 4.78 is 7.13. The van der Waals surface area contributed by atoms with Crippen LogP contribution in [0, 0.1) is 0 Å². The second-order valence-corrected chi connectivity index (χ2v) is 7.23. The number of benzene rings is 2. The highest BCUT2D eigenvalue weighted by molar-refractivity contribution is 5.95. The largest absolute Gasteiger partial charge is 0.450 e. The molecular formula is C23H25N3O3. The van der Waals surface area contributed by atoms with Gasteiger partial charge in [-0.3, -0.25) is 4.79 Å². The van der Waals surface area contributed by atoms with Gasteiger partial charge in [0.05, 0.1) is 12.1 Å². The van der Waals surface area contributed by atoms with Crippen LogP contribution in [-0.4, -0.2) is 47.2 Å². The number of aromatic nitrogens is 1. The maximum Gasteiger partial charge on any atom is 0.409 e. The molecule has 0 bridgehead atoms. The molecule has 1 saturated heterocycles. The van der Waals surface area contributed by atoms with Gasteiger partial charge in [-0.15, -0.1) is 0 Å². The number of piperidine rings is 1. The third kappa shape index (κ3) is 4.11. The average Bonchev–Trinajstić information content (AvgIpc) is 3.19. The SMILES string of the molecule is CCOC(=O)N1CCC(NC(=O)c2cccc(-n3ccc4ccccc43)c2)CC1. The van der Waals surface area contributed by atoms with Crippen molar-refractivity contribution in [1.82, 2.24) is 14.8 Å². The highest BCUT2D eigenvalue weighted by Crippen LogP contribution is 2.21. The van der Waals surface area contributed by atoms with Gasteiger partial charge in [0.15, 0.2) is 0 Å². The Morgan fingerprint density at radius 3 is 2.66 bits per heavy atom. The van der Waals surface area contributed by atoms with Crippen LogP contribution in [0.3, 0.4) is 0 Å². The Balaban J connectivity index is 1.43. The molecule has 0 spiro atoms. The molecule has 1 aliphatic heterocycles. The van der Waals surface area contributed by atoms with E-state index in [-0.39, 0.29) is 18.0 Å². The van der Waals surface area contributed by atoms with Gasteiger partial charge in [0.2, 0.25) is 0 Å². The number of carbonyl (C=O) groups is 2. The van der Waals surface area contributed by atoms with Crippen molar-refractivity contribution in [3.63, 3.8) is 0 Å². The Morgan fingerprint density at radius 2 is 1.86 bits per heavy atom. The molecule has 0 radical (unpaired) electrons. The van der Waals surface area contributed by atoms with Crippen molar-refractivity contribution in [1.29, 1.82) is 0 Å². The number of hydrogen-bond donors (Lipinski definition) is 1. The molecule has 0 saturated carbocycles. The predicted octanol–water partition coefficient (Wildman–Crippen LogP) is 3.98. The van der Waals surface area contributed by atoms with Gasteiger partial charge in [-0.05, 0) is 55.5 Å². The highest BCUT2D eigenvalue weighted by Gasteiger charge is 2.24. The second-order valence-electron chi connectivity index (χ2n) is 7.23. The molecule has 0 aliphatic carbocycles. The van der Waals surface area contributed by atoms with E-state index in [0.29, 0.717) is 25.3 Å². The van der Waals surface area contributed by atoms with Gasteiger partial charge >= 0.3 is 6.09 Å². The van der Waals surface area contributed by atoms with Crippen molar-refractivity contribution < 1.29 is 14.3 Å². The number of nitrogens with zero attached hydrogens (tertiary/aromatic N) is 2. The Bertz CT molecular complexity index is 1020. The van der Waals surface area contributed by atoms with E-state index in [1.165, 1.54) is 0 Å². The fourth-order valence-corrected chi connectivity index (χ4v) is 3.80. The normalized spacial score (nSPS) is 14.7. The molecule has 4 rings (SSSR count). The zero-order valence-corrected chi connectivity index (χ0v) is 16.5. The second kappa shape index (κ2) is 8.39. The minimum Gasteiger partial charge on any atom is -0.450 e. The van der Waals surface area contributed by atoms with E-state index in [4.69, 9.17) is 4.74 Å². The summed E-state index contributed by atoms with van der Waals surface area (Å²) in [5, 5.41) is 4.27. The summed E-state index contributed by atoms with van der Waals surface area (Å²) in [5.41, 5.74) is 2.69. The van der Waals surface area contributed by atoms with E-state index in [9.17, 15) is 9.59 Å². The standard InChI is InChI=1S/C23H25N3O3/c1-2-29-23(28)25-13-11-19(12-14-25)24-22(27)18-7-5-8-20(16-18)26-15-10-17-6-3-4-9-21(17)26/h3-10,15-16,19H,2,11-14H2,1H3,(H,24,27). The minimum atomic E-state index is -0.274. The van der Waals surface area contributed by atoms with Gasteiger partial charge in [-0.25, -0.2) is 4.79 Å². The Hall–Kier alpha value is -3.28. The molecule has 1 aliphatic rings. The van der Waals surface area contributed by atoms with Gasteiger partial charge < -0.3 is 19.5 Å². The molecule has 6 nitrogen and oxygen atoms in total. The van der Waals surface area contributed by atoms with Gasteiger partial charge in [0.25, 0.3) is 5.91 Å². The molecule has 6 heteroatoms. The van der Waals surface area contributed by atoms with Crippen molar-refractivity contribution in [2.45, 2.75) is 25.8 Å². The predicted molar refractivity (Wildman–Crippen MR) is 112 cm³/mol. The first-order chi connectivity index (χ1) is 14.2. The Morgan fingerprint density at radius 1 is 1.07 bits per heavy atom. The number of amides is 2. The summed E-state index contributed by atoms with van der Waals surface area (Å²) in [4.78, 5) is 26.3. The minimum absolute atomic E-state index is 0.0595. The number of ether oxygens (including phenoxy) is 1. The van der Waals surface area contributed by atoms with Crippen LogP contribution in [0.2, 0.25) is 0 Å². The monoisotopic (exact) mass is 391 g/mol. The maximum atomic E-state index is 12.8. The quantitative estimate of drug-likeness (QED) is 0.732. The van der Waals surface area contributed by atoms with Crippen LogP contribution in [0.5, 0.6) is 0 Å². The van der Waals surface area contributed by atoms with E-state index < -0.39 is 0 Å². The van der Waals surface area contributed by atoms with Crippen molar-refractivity contribution in [2.24, 2.45) is 0 Å². The molecule has 1 fully saturated rings. The van der Waals surface area contributed by atoms with E-state index in [0.717, 1.165) is 29.4 Å². The fraction of sp³-hybridized carbons (Fsp3) is 0.304. The first-order valence-electron chi connectivity index (χ1n) is 10.0. The van der Waals surface area contributed by atoms with Gasteiger partial charge in [0, 0.05) is 36.6 Å². The molecule has 0 unspecified atom stereocenters. The molecule has 2 amide bonds. The van der Waals surface area contributed by atoms with E-state index >= 15 is 0 Å². The maximum absolute atomic E-state index is 12.8. The van der Waals surface area contributed by atoms with Crippen LogP contribution in [0.1, 0.15) is 30.1 Å². The van der Waals surface area contributed by atoms with Gasteiger partial charge in [0.1, 0.15) is 0 Å². The Kier molecular flexibility index (Phi) is 5.51. The number of likely N-dealkylation sites (tertiary alicyclic amines) is 1. The van der Waals surface area contributed by atoms with Crippen LogP contribution in [0.4, 0.5) is 4.79 Å². The summed E-state index contributed by atoms with van der Waals surface area (Å²) >= 11 is 0. The molecule has 2 heterocycles. The summed E-state index contributed by atoms with van der Waals surface area (Å²) in [6.07, 6.45) is 3.20. The molecule has 3 aromatic rings. The topological polar surface area (TPSA) is 63.6 Å². The average molecular weight is 391 g/mol. The zero-order valence-electron chi connectivity index (χ0n) is 16.5. The van der Waals surface area contributed by atoms with Crippen molar-refractivity contribution >= 4 is 22.9 Å². The van der Waals surface area contributed by atoms with E-state index in [1.807, 2.05) is 42.6 Å². The lowest BCUT2D eigenvalue weighted by Crippen LogP contribution is -2.46. The summed E-state index contributed by atoms with van der Waals surface area (Å²) in [5.74, 6) is -0.0853. The van der Waals surface area contributed by atoms with Gasteiger partial charge in [-0.1, -0.05) is 24.3 Å². The fourth-order valence-electron chi connectivity index (χ4n) is 3.80. The summed E-state index contributed by atoms with van der Waals surface area (Å²) in [7, 11) is 0. The van der Waals surface area contributed by atoms with Crippen LogP contribution in [0.15, 0.2) is 60.8 Å². The van der Waals surface area contributed by atoms with Gasteiger partial charge in [-0.2, -0.15) is 0 Å². The van der Waals surface area contributed by atoms with Crippen molar-refractivity contribution in [2.75, 3.05) is 19.7 Å². The molecule has 2 aromatic carbocycles. The number of para-hydroxylation sites is 1. The van der Waals surface area contributed by atoms with Crippen LogP contribution >= 0.6 is 0 Å². The van der Waals surface area contributed by atoms with Crippen LogP contribution in [0.25, 0.3) is 16.6 Å².